The highest BCUT2D eigenvalue weighted by Gasteiger charge is 2.30. The fourth-order valence-corrected chi connectivity index (χ4v) is 3.56. The third kappa shape index (κ3) is 10.2. The van der Waals surface area contributed by atoms with Crippen molar-refractivity contribution in [3.63, 3.8) is 0 Å². The van der Waals surface area contributed by atoms with Crippen LogP contribution in [-0.2, 0) is 25.6 Å². The molecule has 1 aromatic rings. The van der Waals surface area contributed by atoms with Crippen molar-refractivity contribution < 1.29 is 29.4 Å². The van der Waals surface area contributed by atoms with Gasteiger partial charge in [-0.15, -0.1) is 0 Å². The first kappa shape index (κ1) is 28.9. The number of thiol groups is 2. The number of benzene rings is 1. The van der Waals surface area contributed by atoms with Crippen molar-refractivity contribution in [3.8, 4) is 5.75 Å². The van der Waals surface area contributed by atoms with Gasteiger partial charge in [-0.05, 0) is 36.1 Å². The number of aromatic hydroxyl groups is 1. The van der Waals surface area contributed by atoms with Crippen LogP contribution >= 0.6 is 37.0 Å². The lowest BCUT2D eigenvalue weighted by Gasteiger charge is -2.25. The van der Waals surface area contributed by atoms with Crippen molar-refractivity contribution >= 4 is 60.7 Å². The van der Waals surface area contributed by atoms with Crippen LogP contribution in [-0.4, -0.2) is 81.6 Å². The van der Waals surface area contributed by atoms with Crippen LogP contribution in [0.2, 0.25) is 0 Å². The van der Waals surface area contributed by atoms with Gasteiger partial charge in [0.05, 0.1) is 6.04 Å². The Morgan fingerprint density at radius 2 is 1.48 bits per heavy atom. The molecular weight excluding hydrogens is 488 g/mol. The van der Waals surface area contributed by atoms with Gasteiger partial charge in [-0.2, -0.15) is 37.0 Å². The number of carboxylic acid groups (broad SMARTS) is 1. The van der Waals surface area contributed by atoms with E-state index in [1.54, 1.807) is 12.1 Å². The normalized spacial score (nSPS) is 14.4. The largest absolute Gasteiger partial charge is 0.508 e. The number of amides is 3. The summed E-state index contributed by atoms with van der Waals surface area (Å²) in [6.07, 6.45) is 2.16. The van der Waals surface area contributed by atoms with E-state index in [9.17, 15) is 29.4 Å². The molecule has 0 spiro atoms. The molecule has 0 saturated heterocycles. The van der Waals surface area contributed by atoms with Crippen molar-refractivity contribution in [1.82, 2.24) is 16.0 Å². The minimum atomic E-state index is -1.26. The van der Waals surface area contributed by atoms with Gasteiger partial charge in [-0.1, -0.05) is 12.1 Å². The molecule has 13 heteroatoms. The van der Waals surface area contributed by atoms with E-state index in [-0.39, 0.29) is 23.7 Å². The summed E-state index contributed by atoms with van der Waals surface area (Å²) >= 11 is 9.40. The molecule has 0 saturated carbocycles. The van der Waals surface area contributed by atoms with E-state index < -0.39 is 47.9 Å². The monoisotopic (exact) mass is 518 g/mol. The predicted molar refractivity (Wildman–Crippen MR) is 134 cm³/mol. The second-order valence-electron chi connectivity index (χ2n) is 7.15. The van der Waals surface area contributed by atoms with E-state index in [2.05, 4.69) is 41.2 Å². The Hall–Kier alpha value is -2.09. The molecule has 3 amide bonds. The van der Waals surface area contributed by atoms with Crippen molar-refractivity contribution in [2.45, 2.75) is 37.0 Å². The third-order valence-corrected chi connectivity index (χ3v) is 5.99. The lowest BCUT2D eigenvalue weighted by molar-refractivity contribution is -0.141. The van der Waals surface area contributed by atoms with Gasteiger partial charge in [0, 0.05) is 17.9 Å². The van der Waals surface area contributed by atoms with Gasteiger partial charge in [0.25, 0.3) is 0 Å². The number of hydrogen-bond donors (Lipinski definition) is 8. The highest BCUT2D eigenvalue weighted by molar-refractivity contribution is 7.98. The lowest BCUT2D eigenvalue weighted by atomic mass is 10.0. The number of phenols is 1. The highest BCUT2D eigenvalue weighted by Crippen LogP contribution is 2.12. The molecule has 0 aromatic heterocycles. The number of nitrogens with two attached hydrogens (primary N) is 1. The second kappa shape index (κ2) is 14.9. The predicted octanol–water partition coefficient (Wildman–Crippen LogP) is -0.586. The molecule has 33 heavy (non-hydrogen) atoms. The summed E-state index contributed by atoms with van der Waals surface area (Å²) in [4.78, 5) is 49.3. The molecule has 0 bridgehead atoms. The SMILES string of the molecule is CSCCC(NC(=O)C(N)CS)C(=O)NC(Cc1ccc(O)cc1)C(=O)NC(CS)C(=O)O. The van der Waals surface area contributed by atoms with Gasteiger partial charge >= 0.3 is 5.97 Å². The Bertz CT molecular complexity index is 811. The molecule has 0 fully saturated rings. The number of aliphatic carboxylic acids is 1. The Kier molecular flexibility index (Phi) is 13.1. The van der Waals surface area contributed by atoms with E-state index >= 15 is 0 Å². The number of nitrogens with one attached hydrogen (secondary N) is 3. The average molecular weight is 519 g/mol. The fourth-order valence-electron chi connectivity index (χ4n) is 2.67. The first-order valence-corrected chi connectivity index (χ1v) is 12.7. The van der Waals surface area contributed by atoms with Crippen LogP contribution in [0.1, 0.15) is 12.0 Å². The summed E-state index contributed by atoms with van der Waals surface area (Å²) in [5, 5.41) is 26.2. The molecule has 0 aliphatic heterocycles. The summed E-state index contributed by atoms with van der Waals surface area (Å²) in [5.41, 5.74) is 6.30. The molecule has 184 valence electrons. The van der Waals surface area contributed by atoms with Crippen molar-refractivity contribution in [2.24, 2.45) is 5.73 Å². The number of hydrogen-bond acceptors (Lipinski definition) is 9. The maximum Gasteiger partial charge on any atom is 0.327 e. The number of rotatable bonds is 14. The molecule has 0 heterocycles. The molecule has 4 unspecified atom stereocenters. The Morgan fingerprint density at radius 1 is 0.939 bits per heavy atom. The van der Waals surface area contributed by atoms with Crippen LogP contribution in [0.4, 0.5) is 0 Å². The zero-order chi connectivity index (χ0) is 25.0. The fraction of sp³-hybridized carbons (Fsp3) is 0.500. The van der Waals surface area contributed by atoms with Gasteiger partial charge in [-0.25, -0.2) is 4.79 Å². The Morgan fingerprint density at radius 3 is 2.00 bits per heavy atom. The summed E-state index contributed by atoms with van der Waals surface area (Å²) < 4.78 is 0. The standard InChI is InChI=1S/C20H30N4O6S3/c1-33-7-6-14(22-17(26)13(21)9-31)18(27)23-15(8-11-2-4-12(25)5-3-11)19(28)24-16(10-32)20(29)30/h2-5,13-16,25,31-32H,6-10,21H2,1H3,(H,22,26)(H,23,27)(H,24,28)(H,29,30). The molecule has 1 rings (SSSR count). The maximum atomic E-state index is 13.0. The van der Waals surface area contributed by atoms with E-state index in [0.717, 1.165) is 0 Å². The smallest absolute Gasteiger partial charge is 0.327 e. The summed E-state index contributed by atoms with van der Waals surface area (Å²) in [7, 11) is 0. The molecular formula is C20H30N4O6S3. The van der Waals surface area contributed by atoms with Gasteiger partial charge in [0.15, 0.2) is 0 Å². The van der Waals surface area contributed by atoms with Gasteiger partial charge in [0.1, 0.15) is 23.9 Å². The van der Waals surface area contributed by atoms with Gasteiger partial charge < -0.3 is 31.9 Å². The number of thioether (sulfide) groups is 1. The zero-order valence-electron chi connectivity index (χ0n) is 18.1. The molecule has 10 nitrogen and oxygen atoms in total. The molecule has 0 radical (unpaired) electrons. The van der Waals surface area contributed by atoms with Crippen molar-refractivity contribution in [3.05, 3.63) is 29.8 Å². The van der Waals surface area contributed by atoms with E-state index in [1.165, 1.54) is 23.9 Å². The third-order valence-electron chi connectivity index (χ3n) is 4.58. The Balaban J connectivity index is 3.08. The molecule has 1 aromatic carbocycles. The van der Waals surface area contributed by atoms with Crippen LogP contribution in [0.15, 0.2) is 24.3 Å². The van der Waals surface area contributed by atoms with E-state index in [4.69, 9.17) is 5.73 Å². The quantitative estimate of drug-likeness (QED) is 0.151. The van der Waals surface area contributed by atoms with E-state index in [1.807, 2.05) is 6.26 Å². The number of carboxylic acids is 1. The number of carbonyl (C=O) groups is 4. The molecule has 0 aliphatic carbocycles. The Labute approximate surface area is 207 Å². The summed E-state index contributed by atoms with van der Waals surface area (Å²) in [6, 6.07) is 1.77. The van der Waals surface area contributed by atoms with Gasteiger partial charge in [-0.3, -0.25) is 14.4 Å². The summed E-state index contributed by atoms with van der Waals surface area (Å²) in [5.74, 6) is -2.61. The van der Waals surface area contributed by atoms with Crippen LogP contribution in [0.5, 0.6) is 5.75 Å². The van der Waals surface area contributed by atoms with Gasteiger partial charge in [0.2, 0.25) is 17.7 Å². The van der Waals surface area contributed by atoms with Crippen LogP contribution < -0.4 is 21.7 Å². The lowest BCUT2D eigenvalue weighted by Crippen LogP contribution is -2.58. The molecule has 4 atom stereocenters. The first-order valence-electron chi connectivity index (χ1n) is 10.0. The first-order chi connectivity index (χ1) is 15.6. The van der Waals surface area contributed by atoms with Crippen molar-refractivity contribution in [1.29, 1.82) is 0 Å². The van der Waals surface area contributed by atoms with E-state index in [0.29, 0.717) is 17.7 Å². The second-order valence-corrected chi connectivity index (χ2v) is 8.86. The zero-order valence-corrected chi connectivity index (χ0v) is 20.7. The maximum absolute atomic E-state index is 13.0. The molecule has 7 N–H and O–H groups in total. The topological polar surface area (TPSA) is 171 Å². The minimum Gasteiger partial charge on any atom is -0.508 e. The highest BCUT2D eigenvalue weighted by atomic mass is 32.2. The van der Waals surface area contributed by atoms with Crippen molar-refractivity contribution in [2.75, 3.05) is 23.5 Å². The number of phenolic OH excluding ortho intramolecular Hbond substituents is 1. The summed E-state index contributed by atoms with van der Waals surface area (Å²) in [6.45, 7) is 0. The van der Waals surface area contributed by atoms with Crippen LogP contribution in [0, 0.1) is 0 Å². The average Bonchev–Trinajstić information content (AvgIpc) is 2.79. The van der Waals surface area contributed by atoms with Crippen LogP contribution in [0.25, 0.3) is 0 Å². The minimum absolute atomic E-state index is 0.0239. The number of carbonyl (C=O) groups excluding carboxylic acids is 3. The molecule has 0 aliphatic rings. The van der Waals surface area contributed by atoms with Crippen LogP contribution in [0.3, 0.4) is 0 Å².